The van der Waals surface area contributed by atoms with Crippen LogP contribution in [0.5, 0.6) is 0 Å². The molecule has 35 heavy (non-hydrogen) atoms. The molecule has 2 aromatic heterocycles. The fraction of sp³-hybridized carbons (Fsp3) is 0.409. The van der Waals surface area contributed by atoms with E-state index >= 15 is 0 Å². The van der Waals surface area contributed by atoms with Crippen LogP contribution in [0.4, 0.5) is 0 Å². The molecule has 1 unspecified atom stereocenters. The highest BCUT2D eigenvalue weighted by Crippen LogP contribution is 2.30. The Balaban J connectivity index is 2.27. The van der Waals surface area contributed by atoms with Crippen molar-refractivity contribution in [2.24, 2.45) is 0 Å². The molecule has 1 aromatic carbocycles. The Morgan fingerprint density at radius 3 is 2.00 bits per heavy atom. The molecule has 4 atom stereocenters. The summed E-state index contributed by atoms with van der Waals surface area (Å²) in [5.74, 6) is -3.04. The van der Waals surface area contributed by atoms with E-state index in [1.54, 1.807) is 24.3 Å². The van der Waals surface area contributed by atoms with Crippen LogP contribution in [0, 0.1) is 0 Å². The molecule has 0 radical (unpaired) electrons. The maximum atomic E-state index is 12.5. The van der Waals surface area contributed by atoms with Gasteiger partial charge in [-0.2, -0.15) is 0 Å². The number of rotatable bonds is 8. The van der Waals surface area contributed by atoms with Crippen LogP contribution in [0.25, 0.3) is 16.7 Å². The Morgan fingerprint density at radius 1 is 0.829 bits per heavy atom. The van der Waals surface area contributed by atoms with Crippen LogP contribution in [0.1, 0.15) is 46.5 Å². The number of ether oxygens (including phenoxy) is 4. The molecule has 0 spiro atoms. The number of esters is 4. The number of aromatic amines is 1. The molecular weight excluding hydrogens is 464 g/mol. The second-order valence-electron chi connectivity index (χ2n) is 7.68. The average molecular weight is 488 g/mol. The molecule has 0 bridgehead atoms. The highest BCUT2D eigenvalue weighted by atomic mass is 16.6. The average Bonchev–Trinajstić information content (AvgIpc) is 3.17. The van der Waals surface area contributed by atoms with Gasteiger partial charge in [-0.25, -0.2) is 0 Å². The predicted molar refractivity (Wildman–Crippen MR) is 118 cm³/mol. The van der Waals surface area contributed by atoms with E-state index in [9.17, 15) is 24.0 Å². The second kappa shape index (κ2) is 10.3. The highest BCUT2D eigenvalue weighted by molar-refractivity contribution is 5.80. The maximum Gasteiger partial charge on any atom is 0.303 e. The van der Waals surface area contributed by atoms with Crippen molar-refractivity contribution >= 4 is 40.6 Å². The third kappa shape index (κ3) is 5.62. The minimum Gasteiger partial charge on any atom is -0.459 e. The first kappa shape index (κ1) is 25.3. The van der Waals surface area contributed by atoms with E-state index in [1.165, 1.54) is 11.3 Å². The van der Waals surface area contributed by atoms with Gasteiger partial charge < -0.3 is 18.9 Å². The minimum atomic E-state index is -1.51. The fourth-order valence-electron chi connectivity index (χ4n) is 3.72. The van der Waals surface area contributed by atoms with E-state index in [4.69, 9.17) is 18.9 Å². The minimum absolute atomic E-state index is 0.0273. The number of carbonyl (C=O) groups is 4. The summed E-state index contributed by atoms with van der Waals surface area (Å²) < 4.78 is 22.9. The summed E-state index contributed by atoms with van der Waals surface area (Å²) in [5.41, 5.74) is -0.0454. The Kier molecular flexibility index (Phi) is 7.47. The molecule has 3 aromatic rings. The van der Waals surface area contributed by atoms with Gasteiger partial charge >= 0.3 is 23.9 Å². The molecule has 0 saturated heterocycles. The van der Waals surface area contributed by atoms with Gasteiger partial charge in [0.1, 0.15) is 6.10 Å². The van der Waals surface area contributed by atoms with Crippen molar-refractivity contribution < 1.29 is 38.1 Å². The lowest BCUT2D eigenvalue weighted by molar-refractivity contribution is -0.198. The summed E-state index contributed by atoms with van der Waals surface area (Å²) in [6.07, 6.45) is -5.50. The molecule has 13 heteroatoms. The van der Waals surface area contributed by atoms with E-state index < -0.39 is 53.9 Å². The Hall–Kier alpha value is -4.29. The van der Waals surface area contributed by atoms with Gasteiger partial charge in [-0.3, -0.25) is 33.4 Å². The van der Waals surface area contributed by atoms with Crippen LogP contribution in [0.15, 0.2) is 29.1 Å². The number of hydrogen-bond donors (Lipinski definition) is 1. The first-order valence-electron chi connectivity index (χ1n) is 10.5. The fourth-order valence-corrected chi connectivity index (χ4v) is 3.72. The number of para-hydroxylation sites is 1. The van der Waals surface area contributed by atoms with Crippen molar-refractivity contribution in [3.63, 3.8) is 0 Å². The van der Waals surface area contributed by atoms with E-state index in [-0.39, 0.29) is 17.0 Å². The number of nitrogens with zero attached hydrogens (tertiary/aromatic N) is 3. The van der Waals surface area contributed by atoms with E-state index in [2.05, 4.69) is 15.2 Å². The van der Waals surface area contributed by atoms with Crippen LogP contribution in [0.2, 0.25) is 0 Å². The van der Waals surface area contributed by atoms with Gasteiger partial charge in [-0.1, -0.05) is 12.1 Å². The number of aromatic nitrogens is 4. The zero-order valence-corrected chi connectivity index (χ0v) is 19.6. The first-order valence-corrected chi connectivity index (χ1v) is 10.5. The molecule has 2 heterocycles. The third-order valence-corrected chi connectivity index (χ3v) is 4.89. The van der Waals surface area contributed by atoms with Gasteiger partial charge in [0, 0.05) is 27.7 Å². The second-order valence-corrected chi connectivity index (χ2v) is 7.68. The van der Waals surface area contributed by atoms with Crippen molar-refractivity contribution in [2.75, 3.05) is 0 Å². The van der Waals surface area contributed by atoms with Crippen molar-refractivity contribution in [1.29, 1.82) is 0 Å². The largest absolute Gasteiger partial charge is 0.459 e. The molecule has 186 valence electrons. The molecule has 0 aliphatic rings. The normalized spacial score (nSPS) is 14.5. The summed E-state index contributed by atoms with van der Waals surface area (Å²) in [4.78, 5) is 62.7. The predicted octanol–water partition coefficient (Wildman–Crippen LogP) is 0.990. The standard InChI is InChI=1S/C22H24N4O9/c1-10(32-11(2)27)17(33-12(3)28)18(34-13(4)29)19(35-14(5)30)20-24-25-22-23-21(31)15-8-6-7-9-16(15)26(20)22/h6-10,17-19H,1-5H3,(H,23,25,31)/t10?,17-,18-,19+/m1/s1. The van der Waals surface area contributed by atoms with Crippen LogP contribution in [-0.4, -0.2) is 61.8 Å². The molecule has 0 saturated carbocycles. The molecule has 13 nitrogen and oxygen atoms in total. The quantitative estimate of drug-likeness (QED) is 0.354. The summed E-state index contributed by atoms with van der Waals surface area (Å²) in [6, 6.07) is 6.54. The number of nitrogens with one attached hydrogen (secondary N) is 1. The van der Waals surface area contributed by atoms with Gasteiger partial charge in [0.25, 0.3) is 5.56 Å². The number of carbonyl (C=O) groups excluding carboxylic acids is 4. The monoisotopic (exact) mass is 488 g/mol. The van der Waals surface area contributed by atoms with Crippen molar-refractivity contribution in [2.45, 2.75) is 59.0 Å². The molecule has 3 rings (SSSR count). The lowest BCUT2D eigenvalue weighted by Crippen LogP contribution is -2.48. The molecule has 1 N–H and O–H groups in total. The van der Waals surface area contributed by atoms with Crippen LogP contribution in [-0.2, 0) is 38.1 Å². The van der Waals surface area contributed by atoms with Crippen LogP contribution < -0.4 is 5.56 Å². The van der Waals surface area contributed by atoms with Gasteiger partial charge in [0.2, 0.25) is 11.9 Å². The highest BCUT2D eigenvalue weighted by Gasteiger charge is 2.44. The topological polar surface area (TPSA) is 168 Å². The number of benzene rings is 1. The molecule has 0 aliphatic carbocycles. The van der Waals surface area contributed by atoms with Crippen LogP contribution >= 0.6 is 0 Å². The zero-order valence-electron chi connectivity index (χ0n) is 19.6. The number of hydrogen-bond acceptors (Lipinski definition) is 11. The summed E-state index contributed by atoms with van der Waals surface area (Å²) in [5, 5.41) is 8.33. The summed E-state index contributed by atoms with van der Waals surface area (Å²) in [7, 11) is 0. The Labute approximate surface area is 198 Å². The molecule has 0 amide bonds. The van der Waals surface area contributed by atoms with Crippen LogP contribution in [0.3, 0.4) is 0 Å². The summed E-state index contributed by atoms with van der Waals surface area (Å²) in [6.45, 7) is 5.92. The van der Waals surface area contributed by atoms with E-state index in [0.29, 0.717) is 5.52 Å². The molecular formula is C22H24N4O9. The van der Waals surface area contributed by atoms with Gasteiger partial charge in [0.15, 0.2) is 18.0 Å². The maximum absolute atomic E-state index is 12.5. The lowest BCUT2D eigenvalue weighted by atomic mass is 10.0. The van der Waals surface area contributed by atoms with Gasteiger partial charge in [-0.05, 0) is 19.1 Å². The molecule has 0 fully saturated rings. The number of fused-ring (bicyclic) bond motifs is 3. The smallest absolute Gasteiger partial charge is 0.303 e. The number of H-pyrrole nitrogens is 1. The zero-order chi connectivity index (χ0) is 25.9. The Bertz CT molecular complexity index is 1350. The van der Waals surface area contributed by atoms with Crippen molar-refractivity contribution in [3.05, 3.63) is 40.4 Å². The summed E-state index contributed by atoms with van der Waals surface area (Å²) >= 11 is 0. The first-order chi connectivity index (χ1) is 16.5. The Morgan fingerprint density at radius 2 is 1.40 bits per heavy atom. The third-order valence-electron chi connectivity index (χ3n) is 4.89. The van der Waals surface area contributed by atoms with E-state index in [0.717, 1.165) is 27.7 Å². The van der Waals surface area contributed by atoms with Gasteiger partial charge in [-0.15, -0.1) is 10.2 Å². The molecule has 0 aliphatic heterocycles. The van der Waals surface area contributed by atoms with Gasteiger partial charge in [0.05, 0.1) is 10.9 Å². The SMILES string of the molecule is CC(=O)OC(C)[C@@H](OC(C)=O)[C@@H](OC(C)=O)[C@H](OC(C)=O)c1nnc2[nH]c(=O)c3ccccc3n12. The van der Waals surface area contributed by atoms with Crippen molar-refractivity contribution in [1.82, 2.24) is 19.6 Å². The van der Waals surface area contributed by atoms with E-state index in [1.807, 2.05) is 0 Å². The van der Waals surface area contributed by atoms with Crippen molar-refractivity contribution in [3.8, 4) is 0 Å². The lowest BCUT2D eigenvalue weighted by Gasteiger charge is -2.33.